The van der Waals surface area contributed by atoms with Gasteiger partial charge in [-0.3, -0.25) is 4.79 Å². The average Bonchev–Trinajstić information content (AvgIpc) is 2.70. The van der Waals surface area contributed by atoms with Gasteiger partial charge in [-0.1, -0.05) is 0 Å². The Balaban J connectivity index is 1.82. The molecule has 1 aromatic rings. The molecule has 0 unspecified atom stereocenters. The van der Waals surface area contributed by atoms with Crippen molar-refractivity contribution in [2.24, 2.45) is 5.92 Å². The minimum Gasteiger partial charge on any atom is -0.444 e. The highest BCUT2D eigenvalue weighted by Crippen LogP contribution is 2.29. The number of benzene rings is 1. The van der Waals surface area contributed by atoms with Gasteiger partial charge in [-0.15, -0.1) is 11.6 Å². The van der Waals surface area contributed by atoms with E-state index >= 15 is 0 Å². The maximum absolute atomic E-state index is 12.4. The zero-order valence-corrected chi connectivity index (χ0v) is 21.9. The first kappa shape index (κ1) is 26.0. The number of amides is 2. The van der Waals surface area contributed by atoms with E-state index in [1.165, 1.54) is 9.26 Å². The molecule has 1 N–H and O–H groups in total. The van der Waals surface area contributed by atoms with Crippen molar-refractivity contribution in [1.29, 1.82) is 0 Å². The van der Waals surface area contributed by atoms with E-state index in [4.69, 9.17) is 16.3 Å². The Kier molecular flexibility index (Phi) is 10.2. The number of nitrogens with zero attached hydrogens (tertiary/aromatic N) is 2. The highest BCUT2D eigenvalue weighted by Gasteiger charge is 2.29. The normalized spacial score (nSPS) is 18.9. The molecule has 0 radical (unpaired) electrons. The van der Waals surface area contributed by atoms with E-state index in [0.717, 1.165) is 32.2 Å². The van der Waals surface area contributed by atoms with Crippen molar-refractivity contribution in [2.45, 2.75) is 58.1 Å². The van der Waals surface area contributed by atoms with Gasteiger partial charge < -0.3 is 19.9 Å². The van der Waals surface area contributed by atoms with Crippen LogP contribution in [0.3, 0.4) is 0 Å². The summed E-state index contributed by atoms with van der Waals surface area (Å²) in [5.41, 5.74) is 0.689. The van der Waals surface area contributed by atoms with Crippen LogP contribution >= 0.6 is 34.2 Å². The molecule has 174 valence electrons. The quantitative estimate of drug-likeness (QED) is 0.362. The number of hydrogen-bond donors (Lipinski definition) is 1. The van der Waals surface area contributed by atoms with Gasteiger partial charge in [-0.25, -0.2) is 4.79 Å². The van der Waals surface area contributed by atoms with Gasteiger partial charge in [0.25, 0.3) is 0 Å². The third kappa shape index (κ3) is 9.04. The number of alkyl halides is 1. The summed E-state index contributed by atoms with van der Waals surface area (Å²) in [5, 5.41) is 2.74. The molecule has 2 rings (SSSR count). The molecule has 0 saturated heterocycles. The minimum atomic E-state index is -0.542. The smallest absolute Gasteiger partial charge is 0.407 e. The van der Waals surface area contributed by atoms with Crippen molar-refractivity contribution in [2.75, 3.05) is 37.5 Å². The van der Waals surface area contributed by atoms with Crippen LogP contribution in [0.1, 0.15) is 46.5 Å². The second-order valence-corrected chi connectivity index (χ2v) is 10.7. The summed E-state index contributed by atoms with van der Waals surface area (Å²) in [6.45, 7) is 7.28. The number of anilines is 1. The average molecular weight is 564 g/mol. The fourth-order valence-corrected chi connectivity index (χ4v) is 4.52. The number of carbonyl (C=O) groups is 2. The lowest BCUT2D eigenvalue weighted by Crippen LogP contribution is -2.47. The van der Waals surface area contributed by atoms with E-state index < -0.39 is 11.7 Å². The number of alkyl carbamates (subject to hydrolysis) is 1. The summed E-state index contributed by atoms with van der Waals surface area (Å²) in [4.78, 5) is 28.4. The number of carbonyl (C=O) groups excluding carboxylic acids is 2. The molecular formula is C23H35ClIN3O3. The fraction of sp³-hybridized carbons (Fsp3) is 0.652. The topological polar surface area (TPSA) is 61.9 Å². The van der Waals surface area contributed by atoms with Crippen LogP contribution in [0, 0.1) is 9.49 Å². The molecular weight excluding hydrogens is 529 g/mol. The molecule has 8 heteroatoms. The van der Waals surface area contributed by atoms with Crippen LogP contribution < -0.4 is 10.2 Å². The first-order valence-electron chi connectivity index (χ1n) is 10.9. The van der Waals surface area contributed by atoms with Gasteiger partial charge in [0.1, 0.15) is 11.5 Å². The zero-order chi connectivity index (χ0) is 23.0. The predicted octanol–water partition coefficient (Wildman–Crippen LogP) is 4.88. The van der Waals surface area contributed by atoms with Crippen molar-refractivity contribution in [3.8, 4) is 0 Å². The number of hydrogen-bond acceptors (Lipinski definition) is 4. The summed E-state index contributed by atoms with van der Waals surface area (Å²) < 4.78 is 6.50. The molecule has 31 heavy (non-hydrogen) atoms. The first-order chi connectivity index (χ1) is 14.6. The zero-order valence-electron chi connectivity index (χ0n) is 19.0. The summed E-state index contributed by atoms with van der Waals surface area (Å²) in [6.07, 6.45) is 3.60. The molecule has 0 aliphatic heterocycles. The van der Waals surface area contributed by atoms with Crippen LogP contribution in [-0.4, -0.2) is 61.1 Å². The largest absolute Gasteiger partial charge is 0.444 e. The maximum atomic E-state index is 12.4. The molecule has 0 aromatic heterocycles. The Morgan fingerprint density at radius 2 is 1.77 bits per heavy atom. The molecule has 1 aromatic carbocycles. The second-order valence-electron chi connectivity index (χ2n) is 9.18. The lowest BCUT2D eigenvalue weighted by molar-refractivity contribution is -0.131. The molecule has 0 atom stereocenters. The fourth-order valence-electron chi connectivity index (χ4n) is 4.01. The highest BCUT2D eigenvalue weighted by atomic mass is 127. The lowest BCUT2D eigenvalue weighted by Gasteiger charge is -2.38. The van der Waals surface area contributed by atoms with E-state index in [9.17, 15) is 9.59 Å². The molecule has 1 saturated carbocycles. The van der Waals surface area contributed by atoms with Gasteiger partial charge in [0.15, 0.2) is 0 Å². The molecule has 6 nitrogen and oxygen atoms in total. The monoisotopic (exact) mass is 563 g/mol. The Morgan fingerprint density at radius 3 is 2.32 bits per heavy atom. The maximum Gasteiger partial charge on any atom is 0.407 e. The van der Waals surface area contributed by atoms with Crippen LogP contribution in [0.5, 0.6) is 0 Å². The molecule has 0 heterocycles. The van der Waals surface area contributed by atoms with Gasteiger partial charge in [0.2, 0.25) is 5.91 Å². The van der Waals surface area contributed by atoms with Crippen molar-refractivity contribution >= 4 is 51.9 Å². The van der Waals surface area contributed by atoms with E-state index in [-0.39, 0.29) is 17.8 Å². The summed E-state index contributed by atoms with van der Waals surface area (Å²) >= 11 is 8.18. The molecule has 1 fully saturated rings. The van der Waals surface area contributed by atoms with Crippen LogP contribution in [0.25, 0.3) is 0 Å². The third-order valence-electron chi connectivity index (χ3n) is 5.51. The van der Waals surface area contributed by atoms with Gasteiger partial charge in [0, 0.05) is 42.0 Å². The van der Waals surface area contributed by atoms with Crippen LogP contribution in [0.4, 0.5) is 10.5 Å². The summed E-state index contributed by atoms with van der Waals surface area (Å²) in [7, 11) is 2.14. The number of rotatable bonds is 8. The van der Waals surface area contributed by atoms with Gasteiger partial charge in [-0.2, -0.15) is 0 Å². The summed E-state index contributed by atoms with van der Waals surface area (Å²) in [5.74, 6) is 0.488. The third-order valence-corrected chi connectivity index (χ3v) is 6.46. The summed E-state index contributed by atoms with van der Waals surface area (Å²) in [6, 6.07) is 8.75. The van der Waals surface area contributed by atoms with Crippen LogP contribution in [0.2, 0.25) is 0 Å². The predicted molar refractivity (Wildman–Crippen MR) is 135 cm³/mol. The highest BCUT2D eigenvalue weighted by molar-refractivity contribution is 14.1. The van der Waals surface area contributed by atoms with Crippen LogP contribution in [0.15, 0.2) is 24.3 Å². The van der Waals surface area contributed by atoms with Crippen molar-refractivity contribution < 1.29 is 14.3 Å². The number of ether oxygens (including phenoxy) is 1. The van der Waals surface area contributed by atoms with Gasteiger partial charge >= 0.3 is 6.09 Å². The molecule has 1 aliphatic rings. The SMILES string of the molecule is CN(C[C@H]1CC[C@H](N(CCNC(=O)OC(C)(C)C)C(=O)CCl)CC1)c1ccc(I)cc1. The number of nitrogens with one attached hydrogen (secondary N) is 1. The molecule has 0 bridgehead atoms. The van der Waals surface area contributed by atoms with E-state index in [2.05, 4.69) is 64.1 Å². The lowest BCUT2D eigenvalue weighted by atomic mass is 9.85. The molecule has 1 aliphatic carbocycles. The molecule has 2 amide bonds. The number of halogens is 2. The molecule has 0 spiro atoms. The van der Waals surface area contributed by atoms with Gasteiger partial charge in [0.05, 0.1) is 0 Å². The van der Waals surface area contributed by atoms with Crippen molar-refractivity contribution in [3.63, 3.8) is 0 Å². The Labute approximate surface area is 205 Å². The van der Waals surface area contributed by atoms with E-state index in [0.29, 0.717) is 19.0 Å². The standard InChI is InChI=1S/C23H35ClIN3O3/c1-23(2,3)31-22(30)26-13-14-28(21(29)15-24)20-9-5-17(6-10-20)16-27(4)19-11-7-18(25)8-12-19/h7-8,11-12,17,20H,5-6,9-10,13-16H2,1-4H3,(H,26,30)/t17-,20-. The van der Waals surface area contributed by atoms with Crippen molar-refractivity contribution in [1.82, 2.24) is 10.2 Å². The van der Waals surface area contributed by atoms with Gasteiger partial charge in [-0.05, 0) is 99.2 Å². The van der Waals surface area contributed by atoms with E-state index in [1.807, 2.05) is 25.7 Å². The van der Waals surface area contributed by atoms with Crippen LogP contribution in [-0.2, 0) is 9.53 Å². The Bertz CT molecular complexity index is 716. The van der Waals surface area contributed by atoms with Crippen molar-refractivity contribution in [3.05, 3.63) is 27.8 Å². The first-order valence-corrected chi connectivity index (χ1v) is 12.5. The minimum absolute atomic E-state index is 0.0398. The van der Waals surface area contributed by atoms with E-state index in [1.54, 1.807) is 0 Å². The second kappa shape index (κ2) is 12.1. The Morgan fingerprint density at radius 1 is 1.16 bits per heavy atom. The Hall–Kier alpha value is -1.22.